The van der Waals surface area contributed by atoms with Crippen LogP contribution in [0.3, 0.4) is 0 Å². The smallest absolute Gasteiger partial charge is 0.238 e. The number of nitrogens with zero attached hydrogens (tertiary/aromatic N) is 1. The first kappa shape index (κ1) is 16.0. The first-order valence-corrected chi connectivity index (χ1v) is 13.5. The Kier molecular flexibility index (Phi) is 4.63. The quantitative estimate of drug-likeness (QED) is 0.791. The molecule has 0 unspecified atom stereocenters. The maximum atomic E-state index is 12.8. The fourth-order valence-electron chi connectivity index (χ4n) is 2.48. The number of amides is 1. The molecule has 0 saturated carbocycles. The first-order valence-electron chi connectivity index (χ1n) is 6.56. The summed E-state index contributed by atoms with van der Waals surface area (Å²) in [4.78, 5) is 12.8. The molecular weight excluding hydrogens is 270 g/mol. The van der Waals surface area contributed by atoms with Crippen molar-refractivity contribution in [2.45, 2.75) is 39.3 Å². The second-order valence-electron chi connectivity index (χ2n) is 6.71. The number of carbonyl (C=O) groups excluding carboxylic acids is 1. The van der Waals surface area contributed by atoms with Crippen molar-refractivity contribution in [1.29, 1.82) is 0 Å². The molecule has 0 aliphatic carbocycles. The molecule has 1 aromatic rings. The summed E-state index contributed by atoms with van der Waals surface area (Å²) in [5.41, 5.74) is 0.755. The second kappa shape index (κ2) is 5.50. The monoisotopic (exact) mass is 295 g/mol. The van der Waals surface area contributed by atoms with Crippen LogP contribution in [0, 0.1) is 0 Å². The van der Waals surface area contributed by atoms with Crippen LogP contribution in [0.25, 0.3) is 0 Å². The zero-order valence-corrected chi connectivity index (χ0v) is 15.1. The van der Waals surface area contributed by atoms with Crippen molar-refractivity contribution in [3.8, 4) is 5.75 Å². The van der Waals surface area contributed by atoms with Gasteiger partial charge in [-0.1, -0.05) is 39.3 Å². The molecule has 0 heterocycles. The molecule has 1 aromatic carbocycles. The summed E-state index contributed by atoms with van der Waals surface area (Å²) in [6.45, 7) is 13.4. The molecule has 0 bridgehead atoms. The van der Waals surface area contributed by atoms with Crippen molar-refractivity contribution < 1.29 is 9.53 Å². The van der Waals surface area contributed by atoms with E-state index in [1.807, 2.05) is 24.3 Å². The Hall–Kier alpha value is -1.08. The largest absolute Gasteiger partial charge is 0.497 e. The number of hydrogen-bond acceptors (Lipinski definition) is 2. The van der Waals surface area contributed by atoms with Crippen LogP contribution in [0.5, 0.6) is 5.75 Å². The summed E-state index contributed by atoms with van der Waals surface area (Å²) in [5, 5.41) is 0. The maximum Gasteiger partial charge on any atom is 0.238 e. The highest BCUT2D eigenvalue weighted by molar-refractivity contribution is 6.92. The number of benzene rings is 1. The Morgan fingerprint density at radius 3 is 1.68 bits per heavy atom. The van der Waals surface area contributed by atoms with E-state index in [-0.39, 0.29) is 5.91 Å². The van der Waals surface area contributed by atoms with Gasteiger partial charge in [0.05, 0.1) is 7.11 Å². The van der Waals surface area contributed by atoms with Gasteiger partial charge in [0, 0.05) is 5.56 Å². The van der Waals surface area contributed by atoms with E-state index in [0.717, 1.165) is 11.3 Å². The lowest BCUT2D eigenvalue weighted by Gasteiger charge is -2.43. The summed E-state index contributed by atoms with van der Waals surface area (Å²) in [7, 11) is -1.72. The molecule has 106 valence electrons. The number of hydrogen-bond donors (Lipinski definition) is 0. The predicted octanol–water partition coefficient (Wildman–Crippen LogP) is 3.81. The molecule has 19 heavy (non-hydrogen) atoms. The van der Waals surface area contributed by atoms with Crippen LogP contribution < -0.4 is 4.74 Å². The van der Waals surface area contributed by atoms with Crippen molar-refractivity contribution in [3.63, 3.8) is 0 Å². The third kappa shape index (κ3) is 3.94. The molecule has 3 nitrogen and oxygen atoms in total. The molecule has 0 N–H and O–H groups in total. The number of methoxy groups -OCH3 is 1. The van der Waals surface area contributed by atoms with Crippen LogP contribution >= 0.6 is 0 Å². The van der Waals surface area contributed by atoms with Gasteiger partial charge in [0.2, 0.25) is 5.91 Å². The summed E-state index contributed by atoms with van der Waals surface area (Å²) in [5.74, 6) is 0.949. The normalized spacial score (nSPS) is 12.2. The third-order valence-corrected chi connectivity index (χ3v) is 10.00. The Morgan fingerprint density at radius 1 is 0.947 bits per heavy atom. The van der Waals surface area contributed by atoms with Crippen LogP contribution in [-0.4, -0.2) is 33.7 Å². The number of carbonyl (C=O) groups is 1. The van der Waals surface area contributed by atoms with Crippen molar-refractivity contribution in [2.24, 2.45) is 0 Å². The molecule has 0 aromatic heterocycles. The lowest BCUT2D eigenvalue weighted by molar-refractivity contribution is 0.0908. The summed E-state index contributed by atoms with van der Waals surface area (Å²) in [6.07, 6.45) is 0. The Bertz CT molecular complexity index is 430. The average molecular weight is 296 g/mol. The second-order valence-corrected chi connectivity index (χ2v) is 16.7. The molecule has 1 amide bonds. The fourth-order valence-corrected chi connectivity index (χ4v) is 12.0. The van der Waals surface area contributed by atoms with E-state index in [2.05, 4.69) is 43.5 Å². The highest BCUT2D eigenvalue weighted by Gasteiger charge is 2.38. The molecule has 0 saturated heterocycles. The van der Waals surface area contributed by atoms with Crippen molar-refractivity contribution >= 4 is 22.4 Å². The van der Waals surface area contributed by atoms with Gasteiger partial charge in [-0.25, -0.2) is 0 Å². The van der Waals surface area contributed by atoms with Crippen molar-refractivity contribution in [1.82, 2.24) is 4.23 Å². The van der Waals surface area contributed by atoms with E-state index >= 15 is 0 Å². The van der Waals surface area contributed by atoms with Crippen LogP contribution in [0.1, 0.15) is 10.4 Å². The molecule has 0 fully saturated rings. The van der Waals surface area contributed by atoms with Gasteiger partial charge in [0.1, 0.15) is 22.2 Å². The predicted molar refractivity (Wildman–Crippen MR) is 85.9 cm³/mol. The van der Waals surface area contributed by atoms with E-state index in [0.29, 0.717) is 0 Å². The first-order chi connectivity index (χ1) is 8.57. The highest BCUT2D eigenvalue weighted by atomic mass is 28.4. The Morgan fingerprint density at radius 2 is 1.37 bits per heavy atom. The Balaban J connectivity index is 3.13. The van der Waals surface area contributed by atoms with Gasteiger partial charge in [0.25, 0.3) is 0 Å². The van der Waals surface area contributed by atoms with Crippen LogP contribution in [-0.2, 0) is 0 Å². The molecular formula is C14H25NO2Si2. The van der Waals surface area contributed by atoms with E-state index < -0.39 is 16.5 Å². The topological polar surface area (TPSA) is 29.5 Å². The zero-order valence-electron chi connectivity index (χ0n) is 13.1. The summed E-state index contributed by atoms with van der Waals surface area (Å²) >= 11 is 0. The minimum atomic E-state index is -1.68. The lowest BCUT2D eigenvalue weighted by atomic mass is 10.2. The standard InChI is InChI=1S/C14H25NO2Si2/c1-17-13-10-8-12(9-11-13)14(16)15(18(2,3)4)19(5,6)7/h8-11H,1-7H3. The Labute approximate surface area is 118 Å². The minimum Gasteiger partial charge on any atom is -0.497 e. The lowest BCUT2D eigenvalue weighted by Crippen LogP contribution is -2.61. The summed E-state index contributed by atoms with van der Waals surface area (Å²) < 4.78 is 7.33. The van der Waals surface area contributed by atoms with Gasteiger partial charge >= 0.3 is 0 Å². The van der Waals surface area contributed by atoms with Crippen molar-refractivity contribution in [3.05, 3.63) is 29.8 Å². The van der Waals surface area contributed by atoms with Gasteiger partial charge in [-0.2, -0.15) is 0 Å². The minimum absolute atomic E-state index is 0.168. The fraction of sp³-hybridized carbons (Fsp3) is 0.500. The van der Waals surface area contributed by atoms with Crippen LogP contribution in [0.2, 0.25) is 39.3 Å². The number of rotatable bonds is 4. The van der Waals surface area contributed by atoms with Gasteiger partial charge in [-0.15, -0.1) is 0 Å². The average Bonchev–Trinajstić information content (AvgIpc) is 2.25. The van der Waals surface area contributed by atoms with Crippen LogP contribution in [0.15, 0.2) is 24.3 Å². The van der Waals surface area contributed by atoms with Gasteiger partial charge in [0.15, 0.2) is 0 Å². The highest BCUT2D eigenvalue weighted by Crippen LogP contribution is 2.23. The molecule has 0 aliphatic rings. The number of ether oxygens (including phenoxy) is 1. The zero-order chi connectivity index (χ0) is 14.8. The molecule has 1 rings (SSSR count). The van der Waals surface area contributed by atoms with E-state index in [4.69, 9.17) is 4.74 Å². The molecule has 0 spiro atoms. The van der Waals surface area contributed by atoms with Crippen molar-refractivity contribution in [2.75, 3.05) is 7.11 Å². The molecule has 0 aliphatic heterocycles. The van der Waals surface area contributed by atoms with E-state index in [1.54, 1.807) is 7.11 Å². The van der Waals surface area contributed by atoms with Crippen LogP contribution in [0.4, 0.5) is 0 Å². The van der Waals surface area contributed by atoms with E-state index in [9.17, 15) is 4.79 Å². The van der Waals surface area contributed by atoms with E-state index in [1.165, 1.54) is 0 Å². The van der Waals surface area contributed by atoms with Gasteiger partial charge in [-0.3, -0.25) is 4.79 Å². The third-order valence-electron chi connectivity index (χ3n) is 2.88. The molecule has 0 radical (unpaired) electrons. The van der Waals surface area contributed by atoms with Gasteiger partial charge in [-0.05, 0) is 24.3 Å². The summed E-state index contributed by atoms with van der Waals surface area (Å²) in [6, 6.07) is 7.41. The SMILES string of the molecule is COc1ccc(C(=O)N([Si](C)(C)C)[Si](C)(C)C)cc1. The molecule has 5 heteroatoms. The maximum absolute atomic E-state index is 12.8. The van der Waals surface area contributed by atoms with Gasteiger partial charge < -0.3 is 8.97 Å². The molecule has 0 atom stereocenters.